The molecule has 1 saturated heterocycles. The molecule has 1 atom stereocenters. The normalized spacial score (nSPS) is 17.0. The highest BCUT2D eigenvalue weighted by Gasteiger charge is 2.33. The van der Waals surface area contributed by atoms with Crippen LogP contribution in [0.2, 0.25) is 0 Å². The van der Waals surface area contributed by atoms with Crippen molar-refractivity contribution in [1.82, 2.24) is 14.5 Å². The maximum atomic E-state index is 12.7. The number of hydrogen-bond donors (Lipinski definition) is 0. The predicted molar refractivity (Wildman–Crippen MR) is 113 cm³/mol. The Morgan fingerprint density at radius 2 is 1.79 bits per heavy atom. The number of nitrogens with zero attached hydrogens (tertiary/aromatic N) is 3. The van der Waals surface area contributed by atoms with Crippen LogP contribution in [0.3, 0.4) is 0 Å². The molecule has 0 radical (unpaired) electrons. The van der Waals surface area contributed by atoms with E-state index in [0.717, 1.165) is 43.8 Å². The molecule has 0 saturated carbocycles. The Kier molecular flexibility index (Phi) is 5.75. The number of imidazole rings is 1. The van der Waals surface area contributed by atoms with Gasteiger partial charge in [0.2, 0.25) is 5.91 Å². The lowest BCUT2D eigenvalue weighted by atomic mass is 10.1. The first kappa shape index (κ1) is 18.7. The number of carbonyl (C=O) groups excluding carboxylic acids is 1. The van der Waals surface area contributed by atoms with Crippen molar-refractivity contribution < 1.29 is 4.79 Å². The number of likely N-dealkylation sites (tertiary alicyclic amines) is 1. The number of aryl methyl sites for hydroxylation is 1. The van der Waals surface area contributed by atoms with Crippen molar-refractivity contribution >= 4 is 16.9 Å². The third kappa shape index (κ3) is 3.96. The van der Waals surface area contributed by atoms with Gasteiger partial charge in [-0.3, -0.25) is 4.79 Å². The van der Waals surface area contributed by atoms with E-state index in [-0.39, 0.29) is 11.8 Å². The van der Waals surface area contributed by atoms with Gasteiger partial charge in [0.1, 0.15) is 5.82 Å². The molecule has 1 unspecified atom stereocenters. The van der Waals surface area contributed by atoms with Crippen LogP contribution in [0.4, 0.5) is 0 Å². The Hall–Kier alpha value is -2.62. The Morgan fingerprint density at radius 1 is 1.00 bits per heavy atom. The summed E-state index contributed by atoms with van der Waals surface area (Å²) in [5.74, 6) is 1.54. The molecule has 3 aromatic rings. The molecule has 4 rings (SSSR count). The summed E-state index contributed by atoms with van der Waals surface area (Å²) >= 11 is 0. The molecule has 146 valence electrons. The van der Waals surface area contributed by atoms with Gasteiger partial charge >= 0.3 is 0 Å². The Morgan fingerprint density at radius 3 is 2.61 bits per heavy atom. The second-order valence-corrected chi connectivity index (χ2v) is 7.79. The number of benzene rings is 2. The molecule has 0 aliphatic carbocycles. The van der Waals surface area contributed by atoms with Gasteiger partial charge in [-0.25, -0.2) is 4.98 Å². The SMILES string of the molecule is CCCCCn1c(C2CC(=O)N(CCc3ccccc3)C2)nc2ccccc21. The summed E-state index contributed by atoms with van der Waals surface area (Å²) in [6.07, 6.45) is 5.07. The second-order valence-electron chi connectivity index (χ2n) is 7.79. The Bertz CT molecular complexity index is 931. The summed E-state index contributed by atoms with van der Waals surface area (Å²) in [5.41, 5.74) is 3.53. The second kappa shape index (κ2) is 8.59. The molecular weight excluding hydrogens is 346 g/mol. The number of fused-ring (bicyclic) bond motifs is 1. The average Bonchev–Trinajstić information content (AvgIpc) is 3.28. The van der Waals surface area contributed by atoms with Crippen LogP contribution in [-0.2, 0) is 17.8 Å². The fourth-order valence-electron chi connectivity index (χ4n) is 4.23. The molecule has 1 aliphatic heterocycles. The van der Waals surface area contributed by atoms with Gasteiger partial charge in [0.15, 0.2) is 0 Å². The number of hydrogen-bond acceptors (Lipinski definition) is 2. The molecule has 0 N–H and O–H groups in total. The zero-order chi connectivity index (χ0) is 19.3. The van der Waals surface area contributed by atoms with Crippen LogP contribution in [0.5, 0.6) is 0 Å². The quantitative estimate of drug-likeness (QED) is 0.531. The minimum Gasteiger partial charge on any atom is -0.342 e. The van der Waals surface area contributed by atoms with Crippen molar-refractivity contribution in [3.63, 3.8) is 0 Å². The molecule has 0 spiro atoms. The lowest BCUT2D eigenvalue weighted by molar-refractivity contribution is -0.127. The first-order valence-corrected chi connectivity index (χ1v) is 10.5. The van der Waals surface area contributed by atoms with Gasteiger partial charge in [-0.1, -0.05) is 62.2 Å². The van der Waals surface area contributed by atoms with Crippen LogP contribution >= 0.6 is 0 Å². The van der Waals surface area contributed by atoms with Crippen molar-refractivity contribution in [1.29, 1.82) is 0 Å². The fraction of sp³-hybridized carbons (Fsp3) is 0.417. The monoisotopic (exact) mass is 375 g/mol. The number of aromatic nitrogens is 2. The third-order valence-electron chi connectivity index (χ3n) is 5.76. The molecule has 4 heteroatoms. The van der Waals surface area contributed by atoms with Crippen LogP contribution in [0.15, 0.2) is 54.6 Å². The highest BCUT2D eigenvalue weighted by atomic mass is 16.2. The Balaban J connectivity index is 1.51. The summed E-state index contributed by atoms with van der Waals surface area (Å²) in [5, 5.41) is 0. The van der Waals surface area contributed by atoms with Crippen LogP contribution < -0.4 is 0 Å². The zero-order valence-electron chi connectivity index (χ0n) is 16.7. The summed E-state index contributed by atoms with van der Waals surface area (Å²) in [4.78, 5) is 19.6. The Labute approximate surface area is 167 Å². The molecule has 4 nitrogen and oxygen atoms in total. The molecule has 1 fully saturated rings. The number of rotatable bonds is 8. The smallest absolute Gasteiger partial charge is 0.223 e. The van der Waals surface area contributed by atoms with E-state index in [1.54, 1.807) is 0 Å². The van der Waals surface area contributed by atoms with Gasteiger partial charge in [0, 0.05) is 32.0 Å². The van der Waals surface area contributed by atoms with E-state index in [1.807, 2.05) is 17.0 Å². The van der Waals surface area contributed by atoms with Crippen LogP contribution in [0.1, 0.15) is 49.9 Å². The molecular formula is C24H29N3O. The molecule has 2 heterocycles. The summed E-state index contributed by atoms with van der Waals surface area (Å²) < 4.78 is 2.36. The van der Waals surface area contributed by atoms with Crippen LogP contribution in [0, 0.1) is 0 Å². The van der Waals surface area contributed by atoms with Crippen LogP contribution in [0.25, 0.3) is 11.0 Å². The van der Waals surface area contributed by atoms with Gasteiger partial charge in [-0.15, -0.1) is 0 Å². The van der Waals surface area contributed by atoms with Crippen molar-refractivity contribution in [2.75, 3.05) is 13.1 Å². The van der Waals surface area contributed by atoms with Gasteiger partial charge in [-0.05, 0) is 30.5 Å². The van der Waals surface area contributed by atoms with E-state index in [9.17, 15) is 4.79 Å². The fourth-order valence-corrected chi connectivity index (χ4v) is 4.23. The molecule has 1 aromatic heterocycles. The molecule has 28 heavy (non-hydrogen) atoms. The van der Waals surface area contributed by atoms with Gasteiger partial charge < -0.3 is 9.47 Å². The average molecular weight is 376 g/mol. The molecule has 1 amide bonds. The summed E-state index contributed by atoms with van der Waals surface area (Å²) in [7, 11) is 0. The predicted octanol–water partition coefficient (Wildman–Crippen LogP) is 4.79. The van der Waals surface area contributed by atoms with Crippen LogP contribution in [-0.4, -0.2) is 33.4 Å². The van der Waals surface area contributed by atoms with E-state index in [0.29, 0.717) is 6.42 Å². The van der Waals surface area contributed by atoms with E-state index < -0.39 is 0 Å². The molecule has 2 aromatic carbocycles. The van der Waals surface area contributed by atoms with E-state index in [2.05, 4.69) is 54.0 Å². The van der Waals surface area contributed by atoms with Crippen molar-refractivity contribution in [2.45, 2.75) is 51.5 Å². The van der Waals surface area contributed by atoms with E-state index in [4.69, 9.17) is 4.98 Å². The lowest BCUT2D eigenvalue weighted by Crippen LogP contribution is -2.27. The molecule has 0 bridgehead atoms. The topological polar surface area (TPSA) is 38.1 Å². The standard InChI is InChI=1S/C24H29N3O/c1-2-3-9-15-27-22-13-8-7-12-21(22)25-24(27)20-17-23(28)26(18-20)16-14-19-10-5-4-6-11-19/h4-8,10-13,20H,2-3,9,14-18H2,1H3. The number of carbonyl (C=O) groups is 1. The first-order valence-electron chi connectivity index (χ1n) is 10.5. The summed E-state index contributed by atoms with van der Waals surface area (Å²) in [6, 6.07) is 18.8. The number of amides is 1. The zero-order valence-corrected chi connectivity index (χ0v) is 16.7. The highest BCUT2D eigenvalue weighted by Crippen LogP contribution is 2.30. The first-order chi connectivity index (χ1) is 13.8. The highest BCUT2D eigenvalue weighted by molar-refractivity contribution is 5.81. The minimum atomic E-state index is 0.192. The van der Waals surface area contributed by atoms with E-state index in [1.165, 1.54) is 23.9 Å². The maximum Gasteiger partial charge on any atom is 0.223 e. The lowest BCUT2D eigenvalue weighted by Gasteiger charge is -2.17. The number of para-hydroxylation sites is 2. The minimum absolute atomic E-state index is 0.192. The summed E-state index contributed by atoms with van der Waals surface area (Å²) in [6.45, 7) is 4.78. The van der Waals surface area contributed by atoms with Crippen molar-refractivity contribution in [2.24, 2.45) is 0 Å². The van der Waals surface area contributed by atoms with Crippen molar-refractivity contribution in [3.05, 3.63) is 66.0 Å². The van der Waals surface area contributed by atoms with Gasteiger partial charge in [-0.2, -0.15) is 0 Å². The van der Waals surface area contributed by atoms with Crippen molar-refractivity contribution in [3.8, 4) is 0 Å². The molecule has 1 aliphatic rings. The number of unbranched alkanes of at least 4 members (excludes halogenated alkanes) is 2. The van der Waals surface area contributed by atoms with Gasteiger partial charge in [0.05, 0.1) is 11.0 Å². The van der Waals surface area contributed by atoms with Gasteiger partial charge in [0.25, 0.3) is 0 Å². The third-order valence-corrected chi connectivity index (χ3v) is 5.76. The largest absolute Gasteiger partial charge is 0.342 e. The van der Waals surface area contributed by atoms with E-state index >= 15 is 0 Å². The maximum absolute atomic E-state index is 12.7.